The van der Waals surface area contributed by atoms with Gasteiger partial charge in [-0.15, -0.1) is 0 Å². The molecule has 5 nitrogen and oxygen atoms in total. The molecule has 0 bridgehead atoms. The number of aliphatic hydroxyl groups is 1. The van der Waals surface area contributed by atoms with Crippen molar-refractivity contribution in [3.05, 3.63) is 54.2 Å². The third-order valence-corrected chi connectivity index (χ3v) is 3.05. The monoisotopic (exact) mass is 282 g/mol. The van der Waals surface area contributed by atoms with E-state index in [0.29, 0.717) is 17.4 Å². The van der Waals surface area contributed by atoms with Crippen molar-refractivity contribution >= 4 is 11.0 Å². The summed E-state index contributed by atoms with van der Waals surface area (Å²) in [5.41, 5.74) is 2.33. The van der Waals surface area contributed by atoms with Crippen molar-refractivity contribution in [1.29, 1.82) is 0 Å². The lowest BCUT2D eigenvalue weighted by Crippen LogP contribution is -1.95. The summed E-state index contributed by atoms with van der Waals surface area (Å²) in [7, 11) is 1.55. The number of benzene rings is 2. The standard InChI is InChI=1S/C16H14N2O3/c1-20-15-8-11(10-19)6-7-14(15)21-16-9-17-12-4-2-3-5-13(12)18-16/h2-9,19H,10H2,1H3. The lowest BCUT2D eigenvalue weighted by atomic mass is 10.2. The van der Waals surface area contributed by atoms with E-state index in [-0.39, 0.29) is 6.61 Å². The average Bonchev–Trinajstić information content (AvgIpc) is 2.55. The van der Waals surface area contributed by atoms with Gasteiger partial charge in [-0.3, -0.25) is 0 Å². The molecule has 1 heterocycles. The molecule has 0 radical (unpaired) electrons. The Hall–Kier alpha value is -2.66. The summed E-state index contributed by atoms with van der Waals surface area (Å²) < 4.78 is 11.0. The molecule has 5 heteroatoms. The topological polar surface area (TPSA) is 64.5 Å². The lowest BCUT2D eigenvalue weighted by Gasteiger charge is -2.10. The van der Waals surface area contributed by atoms with Crippen LogP contribution in [0.25, 0.3) is 11.0 Å². The molecule has 0 saturated carbocycles. The Balaban J connectivity index is 1.94. The van der Waals surface area contributed by atoms with Crippen LogP contribution in [0, 0.1) is 0 Å². The molecule has 1 aromatic heterocycles. The van der Waals surface area contributed by atoms with Gasteiger partial charge in [0, 0.05) is 0 Å². The molecule has 3 aromatic rings. The van der Waals surface area contributed by atoms with Crippen LogP contribution in [0.1, 0.15) is 5.56 Å². The summed E-state index contributed by atoms with van der Waals surface area (Å²) in [4.78, 5) is 8.70. The number of ether oxygens (including phenoxy) is 2. The molecular formula is C16H14N2O3. The molecule has 106 valence electrons. The number of aromatic nitrogens is 2. The van der Waals surface area contributed by atoms with E-state index in [1.165, 1.54) is 0 Å². The minimum absolute atomic E-state index is 0.0492. The largest absolute Gasteiger partial charge is 0.493 e. The maximum Gasteiger partial charge on any atom is 0.238 e. The minimum atomic E-state index is -0.0492. The van der Waals surface area contributed by atoms with Gasteiger partial charge in [0.25, 0.3) is 0 Å². The van der Waals surface area contributed by atoms with Crippen molar-refractivity contribution in [2.75, 3.05) is 7.11 Å². The first kappa shape index (κ1) is 13.3. The molecule has 21 heavy (non-hydrogen) atoms. The van der Waals surface area contributed by atoms with Gasteiger partial charge in [-0.1, -0.05) is 18.2 Å². The molecule has 3 rings (SSSR count). The SMILES string of the molecule is COc1cc(CO)ccc1Oc1cnc2ccccc2n1. The van der Waals surface area contributed by atoms with Gasteiger partial charge in [0.1, 0.15) is 0 Å². The molecule has 0 aliphatic rings. The van der Waals surface area contributed by atoms with Crippen LogP contribution in [0.3, 0.4) is 0 Å². The third-order valence-electron chi connectivity index (χ3n) is 3.05. The zero-order chi connectivity index (χ0) is 14.7. The van der Waals surface area contributed by atoms with Gasteiger partial charge >= 0.3 is 0 Å². The van der Waals surface area contributed by atoms with Gasteiger partial charge in [0.05, 0.1) is 30.9 Å². The number of para-hydroxylation sites is 2. The van der Waals surface area contributed by atoms with E-state index < -0.39 is 0 Å². The average molecular weight is 282 g/mol. The number of hydrogen-bond acceptors (Lipinski definition) is 5. The Morgan fingerprint density at radius 1 is 1.05 bits per heavy atom. The summed E-state index contributed by atoms with van der Waals surface area (Å²) in [6.45, 7) is -0.0492. The van der Waals surface area contributed by atoms with Gasteiger partial charge in [-0.2, -0.15) is 0 Å². The number of hydrogen-bond donors (Lipinski definition) is 1. The van der Waals surface area contributed by atoms with Crippen LogP contribution < -0.4 is 9.47 Å². The van der Waals surface area contributed by atoms with Crippen molar-refractivity contribution in [3.63, 3.8) is 0 Å². The molecule has 0 saturated heterocycles. The Morgan fingerprint density at radius 2 is 1.86 bits per heavy atom. The van der Waals surface area contributed by atoms with Gasteiger partial charge in [0.2, 0.25) is 5.88 Å². The van der Waals surface area contributed by atoms with Crippen molar-refractivity contribution in [2.45, 2.75) is 6.61 Å². The molecule has 0 atom stereocenters. The quantitative estimate of drug-likeness (QED) is 0.797. The molecule has 0 aliphatic carbocycles. The van der Waals surface area contributed by atoms with E-state index in [1.807, 2.05) is 24.3 Å². The Bertz CT molecular complexity index is 774. The molecule has 2 aromatic carbocycles. The number of methoxy groups -OCH3 is 1. The first-order chi connectivity index (χ1) is 10.3. The molecule has 0 unspecified atom stereocenters. The van der Waals surface area contributed by atoms with Crippen molar-refractivity contribution in [2.24, 2.45) is 0 Å². The van der Waals surface area contributed by atoms with E-state index in [0.717, 1.165) is 16.6 Å². The van der Waals surface area contributed by atoms with Gasteiger partial charge in [0.15, 0.2) is 11.5 Å². The molecule has 1 N–H and O–H groups in total. The minimum Gasteiger partial charge on any atom is -0.493 e. The number of fused-ring (bicyclic) bond motifs is 1. The van der Waals surface area contributed by atoms with Crippen LogP contribution in [-0.4, -0.2) is 22.2 Å². The van der Waals surface area contributed by atoms with E-state index in [1.54, 1.807) is 31.5 Å². The Morgan fingerprint density at radius 3 is 2.62 bits per heavy atom. The van der Waals surface area contributed by atoms with Gasteiger partial charge < -0.3 is 14.6 Å². The first-order valence-electron chi connectivity index (χ1n) is 6.47. The maximum absolute atomic E-state index is 9.14. The first-order valence-corrected chi connectivity index (χ1v) is 6.47. The summed E-state index contributed by atoms with van der Waals surface area (Å²) in [6.07, 6.45) is 1.57. The summed E-state index contributed by atoms with van der Waals surface area (Å²) in [5.74, 6) is 1.46. The van der Waals surface area contributed by atoms with Crippen molar-refractivity contribution < 1.29 is 14.6 Å². The van der Waals surface area contributed by atoms with Crippen LogP contribution in [-0.2, 0) is 6.61 Å². The predicted octanol–water partition coefficient (Wildman–Crippen LogP) is 2.92. The zero-order valence-electron chi connectivity index (χ0n) is 11.5. The highest BCUT2D eigenvalue weighted by Crippen LogP contribution is 2.31. The van der Waals surface area contributed by atoms with Crippen LogP contribution >= 0.6 is 0 Å². The van der Waals surface area contributed by atoms with E-state index in [2.05, 4.69) is 9.97 Å². The molecule has 0 spiro atoms. The fraction of sp³-hybridized carbons (Fsp3) is 0.125. The van der Waals surface area contributed by atoms with Crippen molar-refractivity contribution in [3.8, 4) is 17.4 Å². The molecular weight excluding hydrogens is 268 g/mol. The number of aliphatic hydroxyl groups excluding tert-OH is 1. The summed E-state index contributed by atoms with van der Waals surface area (Å²) in [6, 6.07) is 12.8. The second-order valence-corrected chi connectivity index (χ2v) is 4.44. The van der Waals surface area contributed by atoms with Gasteiger partial charge in [-0.05, 0) is 29.8 Å². The van der Waals surface area contributed by atoms with Crippen LogP contribution in [0.5, 0.6) is 17.4 Å². The highest BCUT2D eigenvalue weighted by Gasteiger charge is 2.08. The third kappa shape index (κ3) is 2.78. The van der Waals surface area contributed by atoms with Crippen LogP contribution in [0.2, 0.25) is 0 Å². The second kappa shape index (κ2) is 5.76. The number of nitrogens with zero attached hydrogens (tertiary/aromatic N) is 2. The van der Waals surface area contributed by atoms with E-state index in [9.17, 15) is 0 Å². The van der Waals surface area contributed by atoms with E-state index >= 15 is 0 Å². The Labute approximate surface area is 121 Å². The fourth-order valence-electron chi connectivity index (χ4n) is 2.00. The number of rotatable bonds is 4. The van der Waals surface area contributed by atoms with E-state index in [4.69, 9.17) is 14.6 Å². The van der Waals surface area contributed by atoms with Crippen LogP contribution in [0.4, 0.5) is 0 Å². The van der Waals surface area contributed by atoms with Crippen LogP contribution in [0.15, 0.2) is 48.7 Å². The lowest BCUT2D eigenvalue weighted by molar-refractivity contribution is 0.280. The zero-order valence-corrected chi connectivity index (χ0v) is 11.5. The highest BCUT2D eigenvalue weighted by molar-refractivity contribution is 5.74. The molecule has 0 fully saturated rings. The van der Waals surface area contributed by atoms with Gasteiger partial charge in [-0.25, -0.2) is 9.97 Å². The summed E-state index contributed by atoms with van der Waals surface area (Å²) in [5, 5.41) is 9.14. The predicted molar refractivity (Wildman–Crippen MR) is 78.5 cm³/mol. The maximum atomic E-state index is 9.14. The molecule has 0 aliphatic heterocycles. The molecule has 0 amide bonds. The Kier molecular flexibility index (Phi) is 3.66. The van der Waals surface area contributed by atoms with Crippen molar-refractivity contribution in [1.82, 2.24) is 9.97 Å². The highest BCUT2D eigenvalue weighted by atomic mass is 16.5. The smallest absolute Gasteiger partial charge is 0.238 e. The second-order valence-electron chi connectivity index (χ2n) is 4.44. The normalized spacial score (nSPS) is 10.6. The fourth-order valence-corrected chi connectivity index (χ4v) is 2.00. The summed E-state index contributed by atoms with van der Waals surface area (Å²) >= 11 is 0.